The molecule has 7 nitrogen and oxygen atoms in total. The smallest absolute Gasteiger partial charge is 0.407 e. The number of amides is 1. The Bertz CT molecular complexity index is 238. The Morgan fingerprint density at radius 2 is 2.62 bits per heavy atom. The Kier molecular flexibility index (Phi) is 3.36. The van der Waals surface area contributed by atoms with Crippen LogP contribution in [0.15, 0.2) is 5.11 Å². The highest BCUT2D eigenvalue weighted by atomic mass is 16.5. The van der Waals surface area contributed by atoms with Gasteiger partial charge in [-0.2, -0.15) is 0 Å². The van der Waals surface area contributed by atoms with Gasteiger partial charge in [0.2, 0.25) is 0 Å². The van der Waals surface area contributed by atoms with Crippen LogP contribution in [0.3, 0.4) is 0 Å². The molecule has 1 aliphatic rings. The number of carbonyl (C=O) groups is 1. The van der Waals surface area contributed by atoms with Crippen LogP contribution in [0.1, 0.15) is 0 Å². The van der Waals surface area contributed by atoms with E-state index in [-0.39, 0.29) is 19.2 Å². The van der Waals surface area contributed by atoms with Gasteiger partial charge >= 0.3 is 6.09 Å². The highest BCUT2D eigenvalue weighted by Crippen LogP contribution is 2.05. The Labute approximate surface area is 74.5 Å². The van der Waals surface area contributed by atoms with Gasteiger partial charge in [0.25, 0.3) is 0 Å². The molecule has 0 radical (unpaired) electrons. The zero-order chi connectivity index (χ0) is 9.68. The molecule has 72 valence electrons. The van der Waals surface area contributed by atoms with Crippen LogP contribution in [-0.2, 0) is 4.74 Å². The van der Waals surface area contributed by atoms with Gasteiger partial charge in [0.1, 0.15) is 0 Å². The summed E-state index contributed by atoms with van der Waals surface area (Å²) in [5.41, 5.74) is 8.04. The van der Waals surface area contributed by atoms with Crippen LogP contribution < -0.4 is 0 Å². The first kappa shape index (κ1) is 9.63. The Hall–Kier alpha value is -1.46. The molecule has 0 aromatic carbocycles. The second-order valence-corrected chi connectivity index (χ2v) is 2.63. The lowest BCUT2D eigenvalue weighted by atomic mass is 10.3. The van der Waals surface area contributed by atoms with Crippen molar-refractivity contribution in [2.24, 2.45) is 5.11 Å². The summed E-state index contributed by atoms with van der Waals surface area (Å²) in [7, 11) is 0. The quantitative estimate of drug-likeness (QED) is 0.389. The van der Waals surface area contributed by atoms with E-state index in [0.717, 1.165) is 0 Å². The van der Waals surface area contributed by atoms with E-state index in [1.165, 1.54) is 4.90 Å². The Balaban J connectivity index is 2.41. The van der Waals surface area contributed by atoms with Gasteiger partial charge in [0.05, 0.1) is 25.8 Å². The van der Waals surface area contributed by atoms with Crippen molar-refractivity contribution in [1.29, 1.82) is 0 Å². The van der Waals surface area contributed by atoms with Gasteiger partial charge in [-0.25, -0.2) is 4.79 Å². The van der Waals surface area contributed by atoms with Crippen molar-refractivity contribution in [3.05, 3.63) is 10.4 Å². The van der Waals surface area contributed by atoms with Gasteiger partial charge in [-0.15, -0.1) is 0 Å². The minimum absolute atomic E-state index is 0.181. The second kappa shape index (κ2) is 4.54. The maximum atomic E-state index is 10.5. The van der Waals surface area contributed by atoms with Crippen molar-refractivity contribution in [2.45, 2.75) is 6.10 Å². The van der Waals surface area contributed by atoms with Gasteiger partial charge in [0, 0.05) is 11.5 Å². The van der Waals surface area contributed by atoms with Crippen LogP contribution >= 0.6 is 0 Å². The molecule has 1 heterocycles. The van der Waals surface area contributed by atoms with E-state index in [0.29, 0.717) is 13.2 Å². The van der Waals surface area contributed by atoms with Crippen LogP contribution in [0.25, 0.3) is 10.4 Å². The van der Waals surface area contributed by atoms with Crippen LogP contribution in [-0.4, -0.2) is 48.4 Å². The molecule has 1 amide bonds. The van der Waals surface area contributed by atoms with E-state index in [1.54, 1.807) is 0 Å². The lowest BCUT2D eigenvalue weighted by Gasteiger charge is -2.29. The number of carboxylic acid groups (broad SMARTS) is 1. The van der Waals surface area contributed by atoms with Crippen molar-refractivity contribution in [3.63, 3.8) is 0 Å². The molecule has 1 fully saturated rings. The molecule has 0 aliphatic carbocycles. The molecular formula is C6H10N4O3. The first-order chi connectivity index (χ1) is 6.24. The highest BCUT2D eigenvalue weighted by molar-refractivity contribution is 5.65. The zero-order valence-electron chi connectivity index (χ0n) is 6.96. The van der Waals surface area contributed by atoms with E-state index < -0.39 is 6.09 Å². The van der Waals surface area contributed by atoms with Crippen molar-refractivity contribution in [3.8, 4) is 0 Å². The first-order valence-corrected chi connectivity index (χ1v) is 3.84. The third-order valence-corrected chi connectivity index (χ3v) is 1.76. The van der Waals surface area contributed by atoms with E-state index in [2.05, 4.69) is 10.0 Å². The first-order valence-electron chi connectivity index (χ1n) is 3.84. The molecular weight excluding hydrogens is 176 g/mol. The average molecular weight is 186 g/mol. The molecule has 1 N–H and O–H groups in total. The summed E-state index contributed by atoms with van der Waals surface area (Å²) < 4.78 is 5.19. The summed E-state index contributed by atoms with van der Waals surface area (Å²) in [5, 5.41) is 12.0. The molecule has 7 heteroatoms. The fraction of sp³-hybridized carbons (Fsp3) is 0.833. The molecule has 0 bridgehead atoms. The molecule has 0 aromatic rings. The minimum Gasteiger partial charge on any atom is -0.465 e. The van der Waals surface area contributed by atoms with Crippen molar-refractivity contribution >= 4 is 6.09 Å². The largest absolute Gasteiger partial charge is 0.465 e. The SMILES string of the molecule is [N-]=[N+]=NC[C@@H]1CN(C(=O)O)CCO1. The fourth-order valence-corrected chi connectivity index (χ4v) is 1.13. The predicted octanol–water partition coefficient (Wildman–Crippen LogP) is 0.675. The van der Waals surface area contributed by atoms with Gasteiger partial charge in [-0.05, 0) is 5.53 Å². The summed E-state index contributed by atoms with van der Waals surface area (Å²) in [6.07, 6.45) is -1.27. The number of ether oxygens (including phenoxy) is 1. The number of hydrogen-bond acceptors (Lipinski definition) is 3. The van der Waals surface area contributed by atoms with Crippen LogP contribution in [0.5, 0.6) is 0 Å². The molecule has 0 saturated carbocycles. The summed E-state index contributed by atoms with van der Waals surface area (Å²) in [6, 6.07) is 0. The fourth-order valence-electron chi connectivity index (χ4n) is 1.13. The third-order valence-electron chi connectivity index (χ3n) is 1.76. The molecule has 1 aliphatic heterocycles. The molecule has 13 heavy (non-hydrogen) atoms. The second-order valence-electron chi connectivity index (χ2n) is 2.63. The number of morpholine rings is 1. The lowest BCUT2D eigenvalue weighted by Crippen LogP contribution is -2.46. The maximum absolute atomic E-state index is 10.5. The molecule has 0 unspecified atom stereocenters. The monoisotopic (exact) mass is 186 g/mol. The molecule has 1 atom stereocenters. The summed E-state index contributed by atoms with van der Waals surface area (Å²) in [4.78, 5) is 14.4. The molecule has 1 saturated heterocycles. The maximum Gasteiger partial charge on any atom is 0.407 e. The van der Waals surface area contributed by atoms with Gasteiger partial charge < -0.3 is 14.7 Å². The van der Waals surface area contributed by atoms with Gasteiger partial charge in [-0.3, -0.25) is 0 Å². The number of azide groups is 1. The van der Waals surface area contributed by atoms with Crippen molar-refractivity contribution < 1.29 is 14.6 Å². The van der Waals surface area contributed by atoms with Gasteiger partial charge in [0.15, 0.2) is 0 Å². The molecule has 0 aromatic heterocycles. The Morgan fingerprint density at radius 1 is 1.85 bits per heavy atom. The highest BCUT2D eigenvalue weighted by Gasteiger charge is 2.22. The van der Waals surface area contributed by atoms with Crippen LogP contribution in [0.2, 0.25) is 0 Å². The average Bonchev–Trinajstić information content (AvgIpc) is 2.15. The summed E-state index contributed by atoms with van der Waals surface area (Å²) in [6.45, 7) is 1.19. The molecule has 1 rings (SSSR count). The standard InChI is InChI=1S/C6H10N4O3/c7-9-8-3-5-4-10(6(11)12)1-2-13-5/h5H,1-4H2,(H,11,12)/t5-/m1/s1. The van der Waals surface area contributed by atoms with Crippen molar-refractivity contribution in [2.75, 3.05) is 26.2 Å². The van der Waals surface area contributed by atoms with E-state index in [1.807, 2.05) is 0 Å². The van der Waals surface area contributed by atoms with E-state index in [9.17, 15) is 4.79 Å². The van der Waals surface area contributed by atoms with Crippen molar-refractivity contribution in [1.82, 2.24) is 4.90 Å². The predicted molar refractivity (Wildman–Crippen MR) is 43.4 cm³/mol. The van der Waals surface area contributed by atoms with E-state index in [4.69, 9.17) is 15.4 Å². The number of hydrogen-bond donors (Lipinski definition) is 1. The number of rotatable bonds is 2. The topological polar surface area (TPSA) is 98.5 Å². The third kappa shape index (κ3) is 2.81. The van der Waals surface area contributed by atoms with E-state index >= 15 is 0 Å². The minimum atomic E-state index is -0.964. The summed E-state index contributed by atoms with van der Waals surface area (Å²) in [5.74, 6) is 0. The normalized spacial score (nSPS) is 22.2. The number of nitrogens with zero attached hydrogens (tertiary/aromatic N) is 4. The molecule has 0 spiro atoms. The Morgan fingerprint density at radius 3 is 3.23 bits per heavy atom. The van der Waals surface area contributed by atoms with Crippen LogP contribution in [0, 0.1) is 0 Å². The lowest BCUT2D eigenvalue weighted by molar-refractivity contribution is -0.0166. The zero-order valence-corrected chi connectivity index (χ0v) is 6.96. The van der Waals surface area contributed by atoms with Crippen LogP contribution in [0.4, 0.5) is 4.79 Å². The van der Waals surface area contributed by atoms with Gasteiger partial charge in [-0.1, -0.05) is 5.11 Å². The summed E-state index contributed by atoms with van der Waals surface area (Å²) >= 11 is 0.